The number of nitrogens with zero attached hydrogens (tertiary/aromatic N) is 3. The number of fused-ring (bicyclic) bond motifs is 1. The summed E-state index contributed by atoms with van der Waals surface area (Å²) in [4.78, 5) is 23.7. The molecule has 1 aliphatic carbocycles. The van der Waals surface area contributed by atoms with Crippen molar-refractivity contribution in [2.24, 2.45) is 5.92 Å². The zero-order valence-corrected chi connectivity index (χ0v) is 11.9. The van der Waals surface area contributed by atoms with Gasteiger partial charge in [-0.25, -0.2) is 9.97 Å². The molecule has 1 N–H and O–H groups in total. The maximum Gasteiger partial charge on any atom is 0.228 e. The van der Waals surface area contributed by atoms with E-state index in [0.29, 0.717) is 5.82 Å². The van der Waals surface area contributed by atoms with Crippen molar-refractivity contribution in [1.29, 1.82) is 0 Å². The summed E-state index contributed by atoms with van der Waals surface area (Å²) >= 11 is 0. The van der Waals surface area contributed by atoms with Crippen LogP contribution >= 0.6 is 0 Å². The van der Waals surface area contributed by atoms with Gasteiger partial charge in [0.15, 0.2) is 11.6 Å². The van der Waals surface area contributed by atoms with Crippen molar-refractivity contribution in [3.63, 3.8) is 0 Å². The van der Waals surface area contributed by atoms with E-state index in [1.165, 1.54) is 12.8 Å². The fourth-order valence-electron chi connectivity index (χ4n) is 2.79. The maximum atomic E-state index is 12.1. The average molecular weight is 282 g/mol. The Morgan fingerprint density at radius 1 is 1.10 bits per heavy atom. The quantitative estimate of drug-likeness (QED) is 0.940. The number of carbonyl (C=O) groups is 1. The summed E-state index contributed by atoms with van der Waals surface area (Å²) in [5.74, 6) is 1.69. The fraction of sp³-hybridized carbons (Fsp3) is 0.438. The minimum Gasteiger partial charge on any atom is -0.354 e. The zero-order chi connectivity index (χ0) is 14.2. The lowest BCUT2D eigenvalue weighted by molar-refractivity contribution is -0.117. The van der Waals surface area contributed by atoms with Gasteiger partial charge in [-0.2, -0.15) is 0 Å². The number of anilines is 2. The predicted octanol–water partition coefficient (Wildman–Crippen LogP) is 2.58. The molecule has 2 aliphatic rings. The van der Waals surface area contributed by atoms with Crippen LogP contribution in [-0.2, 0) is 4.79 Å². The van der Waals surface area contributed by atoms with E-state index in [-0.39, 0.29) is 11.8 Å². The van der Waals surface area contributed by atoms with Gasteiger partial charge >= 0.3 is 0 Å². The number of carbonyl (C=O) groups excluding carboxylic acids is 1. The summed E-state index contributed by atoms with van der Waals surface area (Å²) in [5.41, 5.74) is 1.70. The molecule has 2 heterocycles. The molecule has 0 spiro atoms. The molecule has 2 aromatic rings. The van der Waals surface area contributed by atoms with E-state index >= 15 is 0 Å². The van der Waals surface area contributed by atoms with E-state index in [9.17, 15) is 4.79 Å². The van der Waals surface area contributed by atoms with Gasteiger partial charge in [0.1, 0.15) is 0 Å². The molecule has 0 unspecified atom stereocenters. The summed E-state index contributed by atoms with van der Waals surface area (Å²) in [6, 6.07) is 7.81. The van der Waals surface area contributed by atoms with Gasteiger partial charge in [0, 0.05) is 19.0 Å². The van der Waals surface area contributed by atoms with Crippen LogP contribution in [0.1, 0.15) is 25.7 Å². The van der Waals surface area contributed by atoms with E-state index in [0.717, 1.165) is 42.8 Å². The largest absolute Gasteiger partial charge is 0.354 e. The van der Waals surface area contributed by atoms with Crippen LogP contribution in [0.25, 0.3) is 11.0 Å². The highest BCUT2D eigenvalue weighted by atomic mass is 16.2. The van der Waals surface area contributed by atoms with Gasteiger partial charge in [-0.15, -0.1) is 0 Å². The molecule has 5 nitrogen and oxygen atoms in total. The average Bonchev–Trinajstić information content (AvgIpc) is 3.22. The van der Waals surface area contributed by atoms with Gasteiger partial charge in [-0.1, -0.05) is 12.1 Å². The first-order valence-electron chi connectivity index (χ1n) is 7.64. The molecule has 1 aromatic heterocycles. The van der Waals surface area contributed by atoms with Crippen molar-refractivity contribution in [2.45, 2.75) is 25.7 Å². The number of aromatic nitrogens is 2. The number of hydrogen-bond acceptors (Lipinski definition) is 4. The Labute approximate surface area is 123 Å². The molecule has 1 amide bonds. The van der Waals surface area contributed by atoms with E-state index in [2.05, 4.69) is 15.2 Å². The molecule has 0 radical (unpaired) electrons. The monoisotopic (exact) mass is 282 g/mol. The van der Waals surface area contributed by atoms with E-state index < -0.39 is 0 Å². The molecule has 1 saturated carbocycles. The van der Waals surface area contributed by atoms with Crippen molar-refractivity contribution >= 4 is 28.6 Å². The molecule has 1 saturated heterocycles. The molecular weight excluding hydrogens is 264 g/mol. The van der Waals surface area contributed by atoms with Gasteiger partial charge in [0.05, 0.1) is 11.0 Å². The van der Waals surface area contributed by atoms with Crippen LogP contribution in [0, 0.1) is 5.92 Å². The molecule has 0 bridgehead atoms. The Morgan fingerprint density at radius 3 is 2.43 bits per heavy atom. The van der Waals surface area contributed by atoms with Crippen LogP contribution in [0.4, 0.5) is 11.6 Å². The molecule has 1 aliphatic heterocycles. The van der Waals surface area contributed by atoms with Crippen LogP contribution in [0.3, 0.4) is 0 Å². The standard InChI is InChI=1S/C16H18N4O/c21-16(11-7-8-11)19-14-15(20-9-3-4-10-20)18-13-6-2-1-5-12(13)17-14/h1-2,5-6,11H,3-4,7-10H2,(H,17,19,21). The lowest BCUT2D eigenvalue weighted by Crippen LogP contribution is -2.23. The number of nitrogens with one attached hydrogen (secondary N) is 1. The predicted molar refractivity (Wildman–Crippen MR) is 82.3 cm³/mol. The summed E-state index contributed by atoms with van der Waals surface area (Å²) in [6.45, 7) is 1.97. The molecule has 0 atom stereocenters. The van der Waals surface area contributed by atoms with Gasteiger partial charge in [-0.3, -0.25) is 4.79 Å². The van der Waals surface area contributed by atoms with Gasteiger partial charge in [0.2, 0.25) is 5.91 Å². The topological polar surface area (TPSA) is 58.1 Å². The number of hydrogen-bond donors (Lipinski definition) is 1. The summed E-state index contributed by atoms with van der Waals surface area (Å²) < 4.78 is 0. The van der Waals surface area contributed by atoms with Crippen molar-refractivity contribution in [3.8, 4) is 0 Å². The Morgan fingerprint density at radius 2 is 1.76 bits per heavy atom. The number of rotatable bonds is 3. The van der Waals surface area contributed by atoms with Crippen molar-refractivity contribution in [3.05, 3.63) is 24.3 Å². The number of para-hydroxylation sites is 2. The minimum atomic E-state index is 0.0834. The molecule has 108 valence electrons. The second-order valence-electron chi connectivity index (χ2n) is 5.84. The molecule has 2 fully saturated rings. The second-order valence-corrected chi connectivity index (χ2v) is 5.84. The number of amides is 1. The number of benzene rings is 1. The SMILES string of the molecule is O=C(Nc1nc2ccccc2nc1N1CCCC1)C1CC1. The molecule has 1 aromatic carbocycles. The molecule has 21 heavy (non-hydrogen) atoms. The Bertz CT molecular complexity index is 690. The van der Waals surface area contributed by atoms with Crippen molar-refractivity contribution in [1.82, 2.24) is 9.97 Å². The third-order valence-corrected chi connectivity index (χ3v) is 4.15. The second kappa shape index (κ2) is 4.98. The van der Waals surface area contributed by atoms with Crippen molar-refractivity contribution < 1.29 is 4.79 Å². The third kappa shape index (κ3) is 2.44. The highest BCUT2D eigenvalue weighted by molar-refractivity contribution is 5.96. The first-order valence-corrected chi connectivity index (χ1v) is 7.64. The lowest BCUT2D eigenvalue weighted by Gasteiger charge is -2.20. The highest BCUT2D eigenvalue weighted by Crippen LogP contribution is 2.32. The molecule has 4 rings (SSSR count). The van der Waals surface area contributed by atoms with Gasteiger partial charge in [-0.05, 0) is 37.8 Å². The molecular formula is C16H18N4O. The van der Waals surface area contributed by atoms with Gasteiger partial charge in [0.25, 0.3) is 0 Å². The first kappa shape index (κ1) is 12.6. The Balaban J connectivity index is 1.76. The minimum absolute atomic E-state index is 0.0834. The van der Waals surface area contributed by atoms with Crippen molar-refractivity contribution in [2.75, 3.05) is 23.3 Å². The maximum absolute atomic E-state index is 12.1. The third-order valence-electron chi connectivity index (χ3n) is 4.15. The van der Waals surface area contributed by atoms with Gasteiger partial charge < -0.3 is 10.2 Å². The van der Waals surface area contributed by atoms with Crippen LogP contribution in [0.2, 0.25) is 0 Å². The lowest BCUT2D eigenvalue weighted by atomic mass is 10.3. The van der Waals surface area contributed by atoms with Crippen LogP contribution in [-0.4, -0.2) is 29.0 Å². The van der Waals surface area contributed by atoms with E-state index in [4.69, 9.17) is 4.98 Å². The normalized spacial score (nSPS) is 18.2. The van der Waals surface area contributed by atoms with E-state index in [1.807, 2.05) is 24.3 Å². The van der Waals surface area contributed by atoms with Crippen LogP contribution in [0.5, 0.6) is 0 Å². The Hall–Kier alpha value is -2.17. The van der Waals surface area contributed by atoms with Crippen LogP contribution in [0.15, 0.2) is 24.3 Å². The smallest absolute Gasteiger partial charge is 0.228 e. The summed E-state index contributed by atoms with van der Waals surface area (Å²) in [7, 11) is 0. The summed E-state index contributed by atoms with van der Waals surface area (Å²) in [5, 5.41) is 2.99. The fourth-order valence-corrected chi connectivity index (χ4v) is 2.79. The molecule has 5 heteroatoms. The Kier molecular flexibility index (Phi) is 2.98. The van der Waals surface area contributed by atoms with E-state index in [1.54, 1.807) is 0 Å². The zero-order valence-electron chi connectivity index (χ0n) is 11.9. The first-order chi connectivity index (χ1) is 10.3. The summed E-state index contributed by atoms with van der Waals surface area (Å²) in [6.07, 6.45) is 4.33. The van der Waals surface area contributed by atoms with Crippen LogP contribution < -0.4 is 10.2 Å². The highest BCUT2D eigenvalue weighted by Gasteiger charge is 2.31.